The first-order chi connectivity index (χ1) is 8.53. The molecule has 18 heavy (non-hydrogen) atoms. The number of hydrogen-bond donors (Lipinski definition) is 2. The highest BCUT2D eigenvalue weighted by Crippen LogP contribution is 2.25. The van der Waals surface area contributed by atoms with Crippen molar-refractivity contribution in [3.8, 4) is 0 Å². The smallest absolute Gasteiger partial charge is 0.250 e. The van der Waals surface area contributed by atoms with Gasteiger partial charge in [-0.3, -0.25) is 0 Å². The zero-order valence-electron chi connectivity index (χ0n) is 10.3. The summed E-state index contributed by atoms with van der Waals surface area (Å²) in [5.74, 6) is 0. The van der Waals surface area contributed by atoms with Crippen LogP contribution in [0.5, 0.6) is 0 Å². The average Bonchev–Trinajstić information content (AvgIpc) is 2.95. The van der Waals surface area contributed by atoms with Gasteiger partial charge in [-0.05, 0) is 31.4 Å². The van der Waals surface area contributed by atoms with E-state index in [-0.39, 0.29) is 6.10 Å². The number of hydrogen-bond acceptors (Lipinski definition) is 5. The quantitative estimate of drug-likeness (QED) is 0.847. The Labute approximate surface area is 111 Å². The van der Waals surface area contributed by atoms with Gasteiger partial charge in [0.05, 0.1) is 6.10 Å². The lowest BCUT2D eigenvalue weighted by atomic mass is 10.2. The van der Waals surface area contributed by atoms with Gasteiger partial charge in [-0.15, -0.1) is 11.3 Å². The van der Waals surface area contributed by atoms with Crippen LogP contribution in [0, 0.1) is 6.92 Å². The Morgan fingerprint density at radius 3 is 2.94 bits per heavy atom. The molecule has 0 aromatic carbocycles. The van der Waals surface area contributed by atoms with E-state index >= 15 is 0 Å². The SMILES string of the molecule is Cc1cc(S(=O)(=O)NCC2CCCO2)sc1CN. The van der Waals surface area contributed by atoms with Crippen LogP contribution in [0.2, 0.25) is 0 Å². The molecular weight excluding hydrogens is 272 g/mol. The Hall–Kier alpha value is -0.470. The zero-order chi connectivity index (χ0) is 13.2. The summed E-state index contributed by atoms with van der Waals surface area (Å²) in [6, 6.07) is 1.67. The van der Waals surface area contributed by atoms with E-state index in [4.69, 9.17) is 10.5 Å². The maximum Gasteiger partial charge on any atom is 0.250 e. The first kappa shape index (κ1) is 14.0. The molecule has 0 saturated carbocycles. The van der Waals surface area contributed by atoms with Gasteiger partial charge in [0.1, 0.15) is 4.21 Å². The standard InChI is InChI=1S/C11H18N2O3S2/c1-8-5-11(17-10(8)6-12)18(14,15)13-7-9-3-2-4-16-9/h5,9,13H,2-4,6-7,12H2,1H3. The van der Waals surface area contributed by atoms with Crippen molar-refractivity contribution in [2.45, 2.75) is 36.6 Å². The van der Waals surface area contributed by atoms with Crippen LogP contribution in [0.25, 0.3) is 0 Å². The number of sulfonamides is 1. The van der Waals surface area contributed by atoms with E-state index in [0.29, 0.717) is 17.3 Å². The van der Waals surface area contributed by atoms with Crippen molar-refractivity contribution >= 4 is 21.4 Å². The van der Waals surface area contributed by atoms with Gasteiger partial charge in [-0.1, -0.05) is 0 Å². The number of rotatable bonds is 5. The summed E-state index contributed by atoms with van der Waals surface area (Å²) in [5.41, 5.74) is 6.49. The lowest BCUT2D eigenvalue weighted by Gasteiger charge is -2.10. The molecule has 2 rings (SSSR count). The number of nitrogens with one attached hydrogen (secondary N) is 1. The van der Waals surface area contributed by atoms with Gasteiger partial charge < -0.3 is 10.5 Å². The van der Waals surface area contributed by atoms with Crippen molar-refractivity contribution in [3.05, 3.63) is 16.5 Å². The fourth-order valence-corrected chi connectivity index (χ4v) is 4.48. The molecule has 1 aliphatic heterocycles. The van der Waals surface area contributed by atoms with Gasteiger partial charge in [0.15, 0.2) is 0 Å². The second kappa shape index (κ2) is 5.66. The van der Waals surface area contributed by atoms with Crippen LogP contribution < -0.4 is 10.5 Å². The van der Waals surface area contributed by atoms with E-state index in [2.05, 4.69) is 4.72 Å². The molecule has 5 nitrogen and oxygen atoms in total. The molecule has 0 amide bonds. The first-order valence-electron chi connectivity index (χ1n) is 5.93. The van der Waals surface area contributed by atoms with E-state index in [1.807, 2.05) is 6.92 Å². The molecule has 0 bridgehead atoms. The molecule has 1 fully saturated rings. The second-order valence-corrected chi connectivity index (χ2v) is 7.49. The predicted molar refractivity (Wildman–Crippen MR) is 71.1 cm³/mol. The van der Waals surface area contributed by atoms with E-state index in [1.54, 1.807) is 6.07 Å². The maximum absolute atomic E-state index is 12.1. The highest BCUT2D eigenvalue weighted by Gasteiger charge is 2.22. The Kier molecular flexibility index (Phi) is 4.39. The third-order valence-electron chi connectivity index (χ3n) is 2.97. The Morgan fingerprint density at radius 2 is 2.39 bits per heavy atom. The van der Waals surface area contributed by atoms with E-state index in [9.17, 15) is 8.42 Å². The monoisotopic (exact) mass is 290 g/mol. The van der Waals surface area contributed by atoms with E-state index in [0.717, 1.165) is 29.9 Å². The minimum absolute atomic E-state index is 0.00909. The fraction of sp³-hybridized carbons (Fsp3) is 0.636. The molecule has 0 spiro atoms. The lowest BCUT2D eigenvalue weighted by molar-refractivity contribution is 0.114. The van der Waals surface area contributed by atoms with Crippen molar-refractivity contribution < 1.29 is 13.2 Å². The molecule has 1 unspecified atom stereocenters. The maximum atomic E-state index is 12.1. The Bertz CT molecular complexity index is 504. The Morgan fingerprint density at radius 1 is 1.61 bits per heavy atom. The first-order valence-corrected chi connectivity index (χ1v) is 8.23. The number of nitrogens with two attached hydrogens (primary N) is 1. The molecule has 102 valence electrons. The van der Waals surface area contributed by atoms with Crippen molar-refractivity contribution in [3.63, 3.8) is 0 Å². The van der Waals surface area contributed by atoms with Crippen LogP contribution in [0.4, 0.5) is 0 Å². The summed E-state index contributed by atoms with van der Waals surface area (Å²) >= 11 is 1.23. The largest absolute Gasteiger partial charge is 0.377 e. The summed E-state index contributed by atoms with van der Waals surface area (Å²) in [5, 5.41) is 0. The Balaban J connectivity index is 2.04. The molecular formula is C11H18N2O3S2. The van der Waals surface area contributed by atoms with Gasteiger partial charge in [-0.2, -0.15) is 0 Å². The van der Waals surface area contributed by atoms with Gasteiger partial charge in [0.25, 0.3) is 0 Å². The van der Waals surface area contributed by atoms with Gasteiger partial charge in [-0.25, -0.2) is 13.1 Å². The summed E-state index contributed by atoms with van der Waals surface area (Å²) < 4.78 is 32.5. The highest BCUT2D eigenvalue weighted by molar-refractivity contribution is 7.91. The van der Waals surface area contributed by atoms with Gasteiger partial charge in [0.2, 0.25) is 10.0 Å². The van der Waals surface area contributed by atoms with Gasteiger partial charge >= 0.3 is 0 Å². The molecule has 0 aliphatic carbocycles. The van der Waals surface area contributed by atoms with Crippen molar-refractivity contribution in [1.82, 2.24) is 4.72 Å². The topological polar surface area (TPSA) is 81.4 Å². The lowest BCUT2D eigenvalue weighted by Crippen LogP contribution is -2.31. The summed E-state index contributed by atoms with van der Waals surface area (Å²) in [6.45, 7) is 3.31. The molecule has 1 aliphatic rings. The zero-order valence-corrected chi connectivity index (χ0v) is 11.9. The van der Waals surface area contributed by atoms with Gasteiger partial charge in [0, 0.05) is 24.6 Å². The molecule has 1 saturated heterocycles. The molecule has 3 N–H and O–H groups in total. The number of thiophene rings is 1. The van der Waals surface area contributed by atoms with Crippen LogP contribution in [-0.4, -0.2) is 27.7 Å². The third kappa shape index (κ3) is 3.10. The van der Waals surface area contributed by atoms with Crippen LogP contribution in [0.15, 0.2) is 10.3 Å². The second-order valence-electron chi connectivity index (χ2n) is 4.36. The van der Waals surface area contributed by atoms with Crippen molar-refractivity contribution in [1.29, 1.82) is 0 Å². The van der Waals surface area contributed by atoms with E-state index < -0.39 is 10.0 Å². The molecule has 0 radical (unpaired) electrons. The van der Waals surface area contributed by atoms with Crippen molar-refractivity contribution in [2.75, 3.05) is 13.2 Å². The summed E-state index contributed by atoms with van der Waals surface area (Å²) in [4.78, 5) is 0.910. The average molecular weight is 290 g/mol. The molecule has 1 atom stereocenters. The van der Waals surface area contributed by atoms with Crippen LogP contribution in [-0.2, 0) is 21.3 Å². The van der Waals surface area contributed by atoms with Crippen molar-refractivity contribution in [2.24, 2.45) is 5.73 Å². The minimum Gasteiger partial charge on any atom is -0.377 e. The molecule has 1 aromatic rings. The fourth-order valence-electron chi connectivity index (χ4n) is 1.90. The normalized spacial score (nSPS) is 20.4. The third-order valence-corrected chi connectivity index (χ3v) is 6.13. The molecule has 1 aromatic heterocycles. The minimum atomic E-state index is -3.43. The summed E-state index contributed by atoms with van der Waals surface area (Å²) in [7, 11) is -3.43. The summed E-state index contributed by atoms with van der Waals surface area (Å²) in [6.07, 6.45) is 1.93. The highest BCUT2D eigenvalue weighted by atomic mass is 32.2. The van der Waals surface area contributed by atoms with E-state index in [1.165, 1.54) is 11.3 Å². The number of aryl methyl sites for hydroxylation is 1. The van der Waals surface area contributed by atoms with Crippen LogP contribution >= 0.6 is 11.3 Å². The molecule has 2 heterocycles. The molecule has 7 heteroatoms. The van der Waals surface area contributed by atoms with Crippen LogP contribution in [0.3, 0.4) is 0 Å². The predicted octanol–water partition coefficient (Wildman–Crippen LogP) is 0.973. The van der Waals surface area contributed by atoms with Crippen LogP contribution in [0.1, 0.15) is 23.3 Å². The number of ether oxygens (including phenoxy) is 1.